The Bertz CT molecular complexity index is 948. The summed E-state index contributed by atoms with van der Waals surface area (Å²) >= 11 is 0. The van der Waals surface area contributed by atoms with Crippen molar-refractivity contribution < 1.29 is 19.0 Å². The van der Waals surface area contributed by atoms with Crippen LogP contribution in [0.3, 0.4) is 0 Å². The summed E-state index contributed by atoms with van der Waals surface area (Å²) in [5.74, 6) is -0.125. The summed E-state index contributed by atoms with van der Waals surface area (Å²) in [5.41, 5.74) is 2.23. The molecule has 1 aromatic heterocycles. The SMILES string of the molecule is C/C=C/c1cnc2c(c1)C(=O)N([C@@H](C)CO)C[C@@H](C)[C@@H](CN(C)Cc1ccc(F)cc1)O2. The van der Waals surface area contributed by atoms with Gasteiger partial charge in [-0.2, -0.15) is 0 Å². The van der Waals surface area contributed by atoms with Crippen LogP contribution in [-0.2, 0) is 6.54 Å². The number of aliphatic hydroxyl groups is 1. The van der Waals surface area contributed by atoms with Gasteiger partial charge in [0.25, 0.3) is 5.91 Å². The minimum atomic E-state index is -0.320. The lowest BCUT2D eigenvalue weighted by atomic mass is 9.99. The summed E-state index contributed by atoms with van der Waals surface area (Å²) in [6, 6.07) is 7.94. The molecule has 1 amide bonds. The normalized spacial score (nSPS) is 20.1. The first-order chi connectivity index (χ1) is 15.3. The predicted molar refractivity (Wildman–Crippen MR) is 123 cm³/mol. The number of rotatable bonds is 7. The van der Waals surface area contributed by atoms with Crippen LogP contribution in [0.25, 0.3) is 6.08 Å². The maximum absolute atomic E-state index is 13.3. The van der Waals surface area contributed by atoms with Gasteiger partial charge in [-0.05, 0) is 50.2 Å². The van der Waals surface area contributed by atoms with Gasteiger partial charge in [-0.3, -0.25) is 9.69 Å². The molecule has 2 aromatic rings. The van der Waals surface area contributed by atoms with Gasteiger partial charge in [0.05, 0.1) is 12.6 Å². The first kappa shape index (κ1) is 23.9. The summed E-state index contributed by atoms with van der Waals surface area (Å²) < 4.78 is 19.5. The highest BCUT2D eigenvalue weighted by atomic mass is 19.1. The van der Waals surface area contributed by atoms with Gasteiger partial charge in [0, 0.05) is 31.7 Å². The molecular formula is C25H32FN3O3. The second kappa shape index (κ2) is 10.7. The quantitative estimate of drug-likeness (QED) is 0.711. The maximum atomic E-state index is 13.3. The predicted octanol–water partition coefficient (Wildman–Crippen LogP) is 3.61. The van der Waals surface area contributed by atoms with E-state index in [-0.39, 0.29) is 36.4 Å². The number of carbonyl (C=O) groups excluding carboxylic acids is 1. The number of hydrogen-bond acceptors (Lipinski definition) is 5. The lowest BCUT2D eigenvalue weighted by Crippen LogP contribution is -2.49. The number of amides is 1. The highest BCUT2D eigenvalue weighted by Gasteiger charge is 2.34. The highest BCUT2D eigenvalue weighted by Crippen LogP contribution is 2.28. The maximum Gasteiger partial charge on any atom is 0.259 e. The number of allylic oxidation sites excluding steroid dienone is 1. The lowest BCUT2D eigenvalue weighted by molar-refractivity contribution is 0.0325. The van der Waals surface area contributed by atoms with Crippen molar-refractivity contribution in [2.45, 2.75) is 39.5 Å². The van der Waals surface area contributed by atoms with Crippen LogP contribution < -0.4 is 4.74 Å². The van der Waals surface area contributed by atoms with E-state index >= 15 is 0 Å². The molecule has 0 aliphatic carbocycles. The van der Waals surface area contributed by atoms with E-state index in [4.69, 9.17) is 4.74 Å². The number of nitrogens with zero attached hydrogens (tertiary/aromatic N) is 3. The van der Waals surface area contributed by atoms with Crippen LogP contribution in [0.15, 0.2) is 42.6 Å². The zero-order valence-corrected chi connectivity index (χ0v) is 19.2. The Hall–Kier alpha value is -2.77. The van der Waals surface area contributed by atoms with E-state index in [1.54, 1.807) is 29.3 Å². The molecule has 1 N–H and O–H groups in total. The van der Waals surface area contributed by atoms with Crippen molar-refractivity contribution in [2.75, 3.05) is 26.7 Å². The Kier molecular flexibility index (Phi) is 7.99. The van der Waals surface area contributed by atoms with Crippen LogP contribution in [-0.4, -0.2) is 64.7 Å². The third kappa shape index (κ3) is 5.72. The average Bonchev–Trinajstić information content (AvgIpc) is 2.77. The van der Waals surface area contributed by atoms with Crippen molar-refractivity contribution in [3.8, 4) is 5.88 Å². The number of likely N-dealkylation sites (N-methyl/N-ethyl adjacent to an activating group) is 1. The molecule has 0 unspecified atom stereocenters. The summed E-state index contributed by atoms with van der Waals surface area (Å²) in [5, 5.41) is 9.75. The monoisotopic (exact) mass is 441 g/mol. The van der Waals surface area contributed by atoms with E-state index in [2.05, 4.69) is 9.88 Å². The van der Waals surface area contributed by atoms with Crippen LogP contribution >= 0.6 is 0 Å². The van der Waals surface area contributed by atoms with Gasteiger partial charge >= 0.3 is 0 Å². The van der Waals surface area contributed by atoms with Gasteiger partial charge in [0.2, 0.25) is 5.88 Å². The fourth-order valence-electron chi connectivity index (χ4n) is 3.89. The molecule has 0 spiro atoms. The molecule has 2 heterocycles. The van der Waals surface area contributed by atoms with E-state index in [1.165, 1.54) is 12.1 Å². The van der Waals surface area contributed by atoms with E-state index in [1.807, 2.05) is 40.0 Å². The highest BCUT2D eigenvalue weighted by molar-refractivity contribution is 5.97. The summed E-state index contributed by atoms with van der Waals surface area (Å²) in [4.78, 5) is 21.6. The zero-order chi connectivity index (χ0) is 23.3. The van der Waals surface area contributed by atoms with Crippen molar-refractivity contribution in [2.24, 2.45) is 5.92 Å². The number of hydrogen-bond donors (Lipinski definition) is 1. The third-order valence-corrected chi connectivity index (χ3v) is 5.76. The first-order valence-electron chi connectivity index (χ1n) is 11.0. The Morgan fingerprint density at radius 2 is 2.09 bits per heavy atom. The lowest BCUT2D eigenvalue weighted by Gasteiger charge is -2.37. The summed E-state index contributed by atoms with van der Waals surface area (Å²) in [6.07, 6.45) is 5.25. The minimum Gasteiger partial charge on any atom is -0.472 e. The molecule has 1 aliphatic heterocycles. The van der Waals surface area contributed by atoms with Gasteiger partial charge in [-0.25, -0.2) is 9.37 Å². The summed E-state index contributed by atoms with van der Waals surface area (Å²) in [6.45, 7) is 7.37. The van der Waals surface area contributed by atoms with Gasteiger partial charge in [0.15, 0.2) is 0 Å². The second-order valence-corrected chi connectivity index (χ2v) is 8.57. The second-order valence-electron chi connectivity index (χ2n) is 8.57. The number of pyridine rings is 1. The van der Waals surface area contributed by atoms with Crippen LogP contribution in [0.4, 0.5) is 4.39 Å². The smallest absolute Gasteiger partial charge is 0.259 e. The molecule has 0 radical (unpaired) electrons. The molecule has 3 rings (SSSR count). The van der Waals surface area contributed by atoms with Crippen molar-refractivity contribution in [3.05, 3.63) is 65.1 Å². The fourth-order valence-corrected chi connectivity index (χ4v) is 3.89. The van der Waals surface area contributed by atoms with Gasteiger partial charge in [-0.1, -0.05) is 31.2 Å². The molecule has 32 heavy (non-hydrogen) atoms. The molecule has 3 atom stereocenters. The molecule has 7 heteroatoms. The minimum absolute atomic E-state index is 0.00813. The number of ether oxygens (including phenoxy) is 1. The topological polar surface area (TPSA) is 65.9 Å². The van der Waals surface area contributed by atoms with Crippen LogP contribution in [0.2, 0.25) is 0 Å². The standard InChI is InChI=1S/C25H32FN3O3/c1-5-6-20-11-22-24(27-12-20)32-23(17(2)13-29(25(22)31)18(3)16-30)15-28(4)14-19-7-9-21(26)10-8-19/h5-12,17-18,23,30H,13-16H2,1-4H3/b6-5+/t17-,18+,23-/m1/s1. The van der Waals surface area contributed by atoms with E-state index in [9.17, 15) is 14.3 Å². The van der Waals surface area contributed by atoms with Gasteiger partial charge in [0.1, 0.15) is 17.5 Å². The molecule has 0 saturated carbocycles. The number of carbonyl (C=O) groups is 1. The zero-order valence-electron chi connectivity index (χ0n) is 19.2. The molecule has 1 aliphatic rings. The Morgan fingerprint density at radius 1 is 1.38 bits per heavy atom. The number of halogens is 1. The molecule has 172 valence electrons. The number of fused-ring (bicyclic) bond motifs is 1. The largest absolute Gasteiger partial charge is 0.472 e. The van der Waals surface area contributed by atoms with Crippen LogP contribution in [0.1, 0.15) is 42.3 Å². The summed E-state index contributed by atoms with van der Waals surface area (Å²) in [7, 11) is 1.99. The molecule has 0 saturated heterocycles. The van der Waals surface area contributed by atoms with Crippen molar-refractivity contribution in [1.29, 1.82) is 0 Å². The van der Waals surface area contributed by atoms with E-state index in [0.29, 0.717) is 31.1 Å². The van der Waals surface area contributed by atoms with Crippen LogP contribution in [0.5, 0.6) is 5.88 Å². The van der Waals surface area contributed by atoms with Gasteiger partial charge < -0.3 is 14.7 Å². The Balaban J connectivity index is 1.88. The molecule has 1 aromatic carbocycles. The van der Waals surface area contributed by atoms with Crippen molar-refractivity contribution in [3.63, 3.8) is 0 Å². The fraction of sp³-hybridized carbons (Fsp3) is 0.440. The average molecular weight is 442 g/mol. The van der Waals surface area contributed by atoms with Crippen LogP contribution in [0, 0.1) is 11.7 Å². The number of aliphatic hydroxyl groups excluding tert-OH is 1. The first-order valence-corrected chi connectivity index (χ1v) is 11.0. The molecule has 0 fully saturated rings. The molecule has 0 bridgehead atoms. The van der Waals surface area contributed by atoms with E-state index in [0.717, 1.165) is 11.1 Å². The molecule has 6 nitrogen and oxygen atoms in total. The Labute approximate surface area is 189 Å². The Morgan fingerprint density at radius 3 is 2.75 bits per heavy atom. The van der Waals surface area contributed by atoms with Crippen molar-refractivity contribution in [1.82, 2.24) is 14.8 Å². The van der Waals surface area contributed by atoms with Gasteiger partial charge in [-0.15, -0.1) is 0 Å². The van der Waals surface area contributed by atoms with Crippen molar-refractivity contribution >= 4 is 12.0 Å². The van der Waals surface area contributed by atoms with E-state index < -0.39 is 0 Å². The number of aromatic nitrogens is 1. The third-order valence-electron chi connectivity index (χ3n) is 5.76. The molecular weight excluding hydrogens is 409 g/mol. The number of benzene rings is 1.